The number of fused-ring (bicyclic) bond motifs is 1. The first-order chi connectivity index (χ1) is 20.6. The van der Waals surface area contributed by atoms with Crippen LogP contribution in [-0.2, 0) is 16.1 Å². The van der Waals surface area contributed by atoms with Gasteiger partial charge in [-0.2, -0.15) is 0 Å². The Hall–Kier alpha value is -3.62. The monoisotopic (exact) mass is 589 g/mol. The molecule has 0 aromatic heterocycles. The molecule has 1 atom stereocenters. The first-order valence-corrected chi connectivity index (χ1v) is 15.3. The van der Waals surface area contributed by atoms with Crippen LogP contribution in [0.25, 0.3) is 0 Å². The standard InChI is InChI=1S/C35H47N3O5/c1-25(11-13-29-27(3)10-7-15-35(29,4)5)8-6-9-26(2)20-33(40)36-30(23-39)34(41)38-18-16-37(17-19-38)22-28-12-14-31-32(21-28)43-24-42-31/h6,8-9,11-14,20-21,30,39H,7,10,15-19,22-24H2,1-5H3,(H,36,40). The number of hydrogen-bond donors (Lipinski definition) is 2. The zero-order valence-corrected chi connectivity index (χ0v) is 26.3. The average molecular weight is 590 g/mol. The van der Waals surface area contributed by atoms with E-state index < -0.39 is 18.6 Å². The summed E-state index contributed by atoms with van der Waals surface area (Å²) in [6, 6.07) is 4.97. The smallest absolute Gasteiger partial charge is 0.247 e. The van der Waals surface area contributed by atoms with E-state index >= 15 is 0 Å². The minimum absolute atomic E-state index is 0.207. The Balaban J connectivity index is 1.24. The van der Waals surface area contributed by atoms with E-state index in [0.29, 0.717) is 26.2 Å². The zero-order chi connectivity index (χ0) is 31.0. The van der Waals surface area contributed by atoms with Crippen molar-refractivity contribution in [2.45, 2.75) is 66.5 Å². The van der Waals surface area contributed by atoms with E-state index in [1.54, 1.807) is 4.90 Å². The first kappa shape index (κ1) is 32.3. The molecule has 3 aliphatic rings. The summed E-state index contributed by atoms with van der Waals surface area (Å²) in [5.74, 6) is 0.855. The van der Waals surface area contributed by atoms with E-state index in [9.17, 15) is 14.7 Å². The largest absolute Gasteiger partial charge is 0.454 e. The summed E-state index contributed by atoms with van der Waals surface area (Å²) < 4.78 is 10.9. The summed E-state index contributed by atoms with van der Waals surface area (Å²) >= 11 is 0. The molecule has 1 aromatic rings. The van der Waals surface area contributed by atoms with Crippen molar-refractivity contribution in [3.05, 3.63) is 82.5 Å². The van der Waals surface area contributed by atoms with Gasteiger partial charge in [0.1, 0.15) is 6.04 Å². The first-order valence-electron chi connectivity index (χ1n) is 15.3. The van der Waals surface area contributed by atoms with Crippen molar-refractivity contribution >= 4 is 11.8 Å². The number of amides is 2. The second-order valence-corrected chi connectivity index (χ2v) is 12.5. The molecule has 2 aliphatic heterocycles. The maximum absolute atomic E-state index is 13.1. The molecule has 8 nitrogen and oxygen atoms in total. The number of aliphatic hydroxyl groups excluding tert-OH is 1. The van der Waals surface area contributed by atoms with Crippen molar-refractivity contribution in [1.29, 1.82) is 0 Å². The number of piperazine rings is 1. The Kier molecular flexibility index (Phi) is 11.0. The second kappa shape index (κ2) is 14.7. The lowest BCUT2D eigenvalue weighted by Gasteiger charge is -2.36. The predicted molar refractivity (Wildman–Crippen MR) is 170 cm³/mol. The third-order valence-corrected chi connectivity index (χ3v) is 8.46. The van der Waals surface area contributed by atoms with Gasteiger partial charge in [-0.15, -0.1) is 0 Å². The second-order valence-electron chi connectivity index (χ2n) is 12.5. The van der Waals surface area contributed by atoms with Crippen LogP contribution in [0.5, 0.6) is 11.5 Å². The van der Waals surface area contributed by atoms with Gasteiger partial charge in [0.05, 0.1) is 6.61 Å². The van der Waals surface area contributed by atoms with E-state index in [2.05, 4.69) is 50.1 Å². The summed E-state index contributed by atoms with van der Waals surface area (Å²) in [5.41, 5.74) is 6.10. The summed E-state index contributed by atoms with van der Waals surface area (Å²) in [6.45, 7) is 13.8. The number of hydrogen-bond acceptors (Lipinski definition) is 6. The molecule has 0 spiro atoms. The Labute approximate surface area is 256 Å². The molecule has 2 amide bonds. The lowest BCUT2D eigenvalue weighted by molar-refractivity contribution is -0.138. The summed E-state index contributed by atoms with van der Waals surface area (Å²) in [6.07, 6.45) is 15.3. The molecule has 4 rings (SSSR count). The molecule has 2 heterocycles. The number of benzene rings is 1. The quantitative estimate of drug-likeness (QED) is 0.293. The summed E-state index contributed by atoms with van der Waals surface area (Å²) in [4.78, 5) is 29.7. The van der Waals surface area contributed by atoms with Crippen molar-refractivity contribution in [2.24, 2.45) is 5.41 Å². The van der Waals surface area contributed by atoms with E-state index in [-0.39, 0.29) is 18.1 Å². The number of aliphatic hydroxyl groups is 1. The number of nitrogens with zero attached hydrogens (tertiary/aromatic N) is 2. The van der Waals surface area contributed by atoms with Gasteiger partial charge in [0.25, 0.3) is 0 Å². The predicted octanol–water partition coefficient (Wildman–Crippen LogP) is 5.07. The number of allylic oxidation sites excluding steroid dienone is 9. The molecule has 232 valence electrons. The maximum Gasteiger partial charge on any atom is 0.247 e. The molecule has 43 heavy (non-hydrogen) atoms. The summed E-state index contributed by atoms with van der Waals surface area (Å²) in [7, 11) is 0. The molecule has 0 bridgehead atoms. The van der Waals surface area contributed by atoms with E-state index in [0.717, 1.165) is 34.8 Å². The fourth-order valence-electron chi connectivity index (χ4n) is 5.93. The summed E-state index contributed by atoms with van der Waals surface area (Å²) in [5, 5.41) is 12.6. The Bertz CT molecular complexity index is 1330. The Morgan fingerprint density at radius 3 is 2.53 bits per heavy atom. The Morgan fingerprint density at radius 2 is 1.81 bits per heavy atom. The van der Waals surface area contributed by atoms with Crippen molar-refractivity contribution < 1.29 is 24.2 Å². The van der Waals surface area contributed by atoms with Gasteiger partial charge in [0.15, 0.2) is 11.5 Å². The van der Waals surface area contributed by atoms with Crippen molar-refractivity contribution in [3.8, 4) is 11.5 Å². The van der Waals surface area contributed by atoms with Gasteiger partial charge in [-0.3, -0.25) is 14.5 Å². The van der Waals surface area contributed by atoms with Crippen LogP contribution < -0.4 is 14.8 Å². The van der Waals surface area contributed by atoms with Crippen LogP contribution in [0.15, 0.2) is 76.9 Å². The van der Waals surface area contributed by atoms with Crippen LogP contribution in [0, 0.1) is 5.41 Å². The van der Waals surface area contributed by atoms with Crippen LogP contribution in [0.3, 0.4) is 0 Å². The van der Waals surface area contributed by atoms with Gasteiger partial charge < -0.3 is 24.8 Å². The molecular weight excluding hydrogens is 542 g/mol. The van der Waals surface area contributed by atoms with Gasteiger partial charge in [-0.25, -0.2) is 0 Å². The highest BCUT2D eigenvalue weighted by Crippen LogP contribution is 2.40. The van der Waals surface area contributed by atoms with Gasteiger partial charge in [-0.1, -0.05) is 61.4 Å². The van der Waals surface area contributed by atoms with Crippen LogP contribution in [-0.4, -0.2) is 72.3 Å². The van der Waals surface area contributed by atoms with Crippen molar-refractivity contribution in [2.75, 3.05) is 39.6 Å². The van der Waals surface area contributed by atoms with Gasteiger partial charge in [0, 0.05) is 38.8 Å². The molecule has 0 saturated carbocycles. The highest BCUT2D eigenvalue weighted by Gasteiger charge is 2.28. The highest BCUT2D eigenvalue weighted by atomic mass is 16.7. The normalized spacial score (nSPS) is 20.3. The molecule has 1 aromatic carbocycles. The number of carbonyl (C=O) groups excluding carboxylic acids is 2. The SMILES string of the molecule is CC(C=CC1=C(C)CCCC1(C)C)=CC=CC(C)=CC(=O)NC(CO)C(=O)N1CCN(Cc2ccc3c(c2)OCO3)CC1. The third kappa shape index (κ3) is 8.94. The molecule has 0 radical (unpaired) electrons. The topological polar surface area (TPSA) is 91.3 Å². The van der Waals surface area contributed by atoms with Crippen LogP contribution in [0.4, 0.5) is 0 Å². The van der Waals surface area contributed by atoms with E-state index in [1.165, 1.54) is 36.5 Å². The molecular formula is C35H47N3O5. The minimum atomic E-state index is -0.977. The molecule has 1 unspecified atom stereocenters. The molecule has 1 fully saturated rings. The van der Waals surface area contributed by atoms with Crippen molar-refractivity contribution in [3.63, 3.8) is 0 Å². The third-order valence-electron chi connectivity index (χ3n) is 8.46. The average Bonchev–Trinajstić information content (AvgIpc) is 3.43. The van der Waals surface area contributed by atoms with Crippen LogP contribution in [0.1, 0.15) is 59.4 Å². The fourth-order valence-corrected chi connectivity index (χ4v) is 5.93. The number of ether oxygens (including phenoxy) is 2. The Morgan fingerprint density at radius 1 is 1.07 bits per heavy atom. The number of nitrogens with one attached hydrogen (secondary N) is 1. The van der Waals surface area contributed by atoms with Gasteiger partial charge in [0.2, 0.25) is 18.6 Å². The zero-order valence-electron chi connectivity index (χ0n) is 26.3. The van der Waals surface area contributed by atoms with Gasteiger partial charge >= 0.3 is 0 Å². The molecule has 2 N–H and O–H groups in total. The van der Waals surface area contributed by atoms with E-state index in [1.807, 2.05) is 43.4 Å². The van der Waals surface area contributed by atoms with Crippen LogP contribution in [0.2, 0.25) is 0 Å². The maximum atomic E-state index is 13.1. The lowest BCUT2D eigenvalue weighted by atomic mass is 9.72. The lowest BCUT2D eigenvalue weighted by Crippen LogP contribution is -2.55. The van der Waals surface area contributed by atoms with Crippen LogP contribution >= 0.6 is 0 Å². The fraction of sp³-hybridized carbons (Fsp3) is 0.486. The highest BCUT2D eigenvalue weighted by molar-refractivity contribution is 5.93. The number of carbonyl (C=O) groups is 2. The van der Waals surface area contributed by atoms with Gasteiger partial charge in [-0.05, 0) is 74.3 Å². The molecule has 1 saturated heterocycles. The number of rotatable bonds is 10. The minimum Gasteiger partial charge on any atom is -0.454 e. The van der Waals surface area contributed by atoms with Crippen molar-refractivity contribution in [1.82, 2.24) is 15.1 Å². The molecule has 8 heteroatoms. The molecule has 1 aliphatic carbocycles. The van der Waals surface area contributed by atoms with E-state index in [4.69, 9.17) is 9.47 Å².